The molecule has 0 heterocycles. The molecular weight excluding hydrogens is 250 g/mol. The monoisotopic (exact) mass is 267 g/mol. The first-order chi connectivity index (χ1) is 8.52. The van der Waals surface area contributed by atoms with Crippen molar-refractivity contribution in [3.8, 4) is 5.75 Å². The number of carbonyl (C=O) groups excluding carboxylic acids is 1. The van der Waals surface area contributed by atoms with E-state index in [9.17, 15) is 4.79 Å². The predicted molar refractivity (Wildman–Crippen MR) is 74.2 cm³/mol. The maximum Gasteiger partial charge on any atom is 0.279 e. The Balaban J connectivity index is 2.47. The average molecular weight is 267 g/mol. The Hall–Kier alpha value is -1.82. The van der Waals surface area contributed by atoms with Gasteiger partial charge in [0.1, 0.15) is 5.75 Å². The van der Waals surface area contributed by atoms with Crippen molar-refractivity contribution < 1.29 is 9.53 Å². The molecule has 1 aromatic rings. The lowest BCUT2D eigenvalue weighted by atomic mass is 10.2. The maximum atomic E-state index is 11.7. The van der Waals surface area contributed by atoms with Crippen molar-refractivity contribution in [1.29, 1.82) is 0 Å². The van der Waals surface area contributed by atoms with E-state index in [0.29, 0.717) is 10.9 Å². The first-order valence-corrected chi connectivity index (χ1v) is 5.94. The second kappa shape index (κ2) is 6.80. The summed E-state index contributed by atoms with van der Waals surface area (Å²) in [6.07, 6.45) is -0.612. The van der Waals surface area contributed by atoms with Gasteiger partial charge in [0.15, 0.2) is 11.2 Å². The Morgan fingerprint density at radius 2 is 2.11 bits per heavy atom. The molecule has 0 aliphatic heterocycles. The minimum absolute atomic E-state index is 0.297. The minimum Gasteiger partial charge on any atom is -0.481 e. The molecule has 98 valence electrons. The maximum absolute atomic E-state index is 11.7. The molecule has 0 aliphatic carbocycles. The standard InChI is InChI=1S/C12H17N3O2S/c1-8-5-4-6-10(7-8)17-9(2)11(16)14-15-12(18)13-3/h4-7,9H,1-3H3,(H,14,16)(H2,13,15,18)/t9-/m0/s1. The number of ether oxygens (including phenoxy) is 1. The van der Waals surface area contributed by atoms with E-state index in [1.54, 1.807) is 14.0 Å². The molecule has 0 radical (unpaired) electrons. The fraction of sp³-hybridized carbons (Fsp3) is 0.333. The van der Waals surface area contributed by atoms with Crippen LogP contribution < -0.4 is 20.9 Å². The Morgan fingerprint density at radius 1 is 1.39 bits per heavy atom. The lowest BCUT2D eigenvalue weighted by Gasteiger charge is -2.16. The summed E-state index contributed by atoms with van der Waals surface area (Å²) < 4.78 is 5.51. The number of carbonyl (C=O) groups is 1. The van der Waals surface area contributed by atoms with Gasteiger partial charge in [-0.15, -0.1) is 0 Å². The number of benzene rings is 1. The molecule has 18 heavy (non-hydrogen) atoms. The Bertz CT molecular complexity index is 437. The summed E-state index contributed by atoms with van der Waals surface area (Å²) in [6.45, 7) is 3.63. The number of aryl methyl sites for hydroxylation is 1. The lowest BCUT2D eigenvalue weighted by molar-refractivity contribution is -0.127. The third-order valence-corrected chi connectivity index (χ3v) is 2.50. The van der Waals surface area contributed by atoms with Gasteiger partial charge in [0.2, 0.25) is 0 Å². The van der Waals surface area contributed by atoms with Gasteiger partial charge in [-0.05, 0) is 43.8 Å². The normalized spacial score (nSPS) is 11.3. The SMILES string of the molecule is CNC(=S)NNC(=O)[C@H](C)Oc1cccc(C)c1. The average Bonchev–Trinajstić information content (AvgIpc) is 2.35. The molecule has 3 N–H and O–H groups in total. The van der Waals surface area contributed by atoms with Gasteiger partial charge in [0.05, 0.1) is 0 Å². The van der Waals surface area contributed by atoms with E-state index in [0.717, 1.165) is 5.56 Å². The quantitative estimate of drug-likeness (QED) is 0.561. The van der Waals surface area contributed by atoms with Gasteiger partial charge in [0, 0.05) is 7.05 Å². The molecule has 5 nitrogen and oxygen atoms in total. The van der Waals surface area contributed by atoms with Crippen molar-refractivity contribution >= 4 is 23.2 Å². The summed E-state index contributed by atoms with van der Waals surface area (Å²) in [4.78, 5) is 11.7. The van der Waals surface area contributed by atoms with E-state index in [1.807, 2.05) is 31.2 Å². The number of rotatable bonds is 3. The number of nitrogens with one attached hydrogen (secondary N) is 3. The van der Waals surface area contributed by atoms with Crippen molar-refractivity contribution in [3.63, 3.8) is 0 Å². The molecule has 0 saturated carbocycles. The zero-order valence-electron chi connectivity index (χ0n) is 10.6. The number of hydrogen-bond donors (Lipinski definition) is 3. The zero-order chi connectivity index (χ0) is 13.5. The molecule has 0 saturated heterocycles. The molecule has 1 aromatic carbocycles. The van der Waals surface area contributed by atoms with Crippen LogP contribution in [-0.2, 0) is 4.79 Å². The fourth-order valence-electron chi connectivity index (χ4n) is 1.23. The molecule has 0 unspecified atom stereocenters. The number of amides is 1. The van der Waals surface area contributed by atoms with Crippen LogP contribution in [0.25, 0.3) is 0 Å². The van der Waals surface area contributed by atoms with Crippen molar-refractivity contribution in [3.05, 3.63) is 29.8 Å². The van der Waals surface area contributed by atoms with Crippen molar-refractivity contribution in [1.82, 2.24) is 16.2 Å². The summed E-state index contributed by atoms with van der Waals surface area (Å²) in [6, 6.07) is 7.52. The first-order valence-electron chi connectivity index (χ1n) is 5.54. The van der Waals surface area contributed by atoms with E-state index < -0.39 is 6.10 Å². The van der Waals surface area contributed by atoms with Crippen molar-refractivity contribution in [2.75, 3.05) is 7.05 Å². The molecule has 0 aliphatic rings. The molecular formula is C12H17N3O2S. The van der Waals surface area contributed by atoms with Crippen LogP contribution in [0.2, 0.25) is 0 Å². The lowest BCUT2D eigenvalue weighted by Crippen LogP contribution is -2.49. The third kappa shape index (κ3) is 4.58. The van der Waals surface area contributed by atoms with E-state index in [4.69, 9.17) is 17.0 Å². The number of hydrogen-bond acceptors (Lipinski definition) is 3. The van der Waals surface area contributed by atoms with Crippen LogP contribution in [0.5, 0.6) is 5.75 Å². The van der Waals surface area contributed by atoms with E-state index in [-0.39, 0.29) is 5.91 Å². The fourth-order valence-corrected chi connectivity index (χ4v) is 1.28. The topological polar surface area (TPSA) is 62.4 Å². The molecule has 1 amide bonds. The molecule has 6 heteroatoms. The zero-order valence-corrected chi connectivity index (χ0v) is 11.4. The largest absolute Gasteiger partial charge is 0.481 e. The third-order valence-electron chi connectivity index (χ3n) is 2.20. The van der Waals surface area contributed by atoms with Crippen LogP contribution in [-0.4, -0.2) is 24.2 Å². The van der Waals surface area contributed by atoms with Crippen LogP contribution in [0.1, 0.15) is 12.5 Å². The molecule has 0 bridgehead atoms. The molecule has 1 rings (SSSR count). The van der Waals surface area contributed by atoms with Gasteiger partial charge < -0.3 is 10.1 Å². The number of thiocarbonyl (C=S) groups is 1. The summed E-state index contributed by atoms with van der Waals surface area (Å²) in [5.74, 6) is 0.364. The van der Waals surface area contributed by atoms with E-state index in [1.165, 1.54) is 0 Å². The second-order valence-corrected chi connectivity index (χ2v) is 4.18. The van der Waals surface area contributed by atoms with Crippen LogP contribution in [0, 0.1) is 6.92 Å². The molecule has 0 aromatic heterocycles. The highest BCUT2D eigenvalue weighted by Gasteiger charge is 2.14. The van der Waals surface area contributed by atoms with Gasteiger partial charge in [-0.3, -0.25) is 15.6 Å². The summed E-state index contributed by atoms with van der Waals surface area (Å²) in [5, 5.41) is 3.02. The second-order valence-electron chi connectivity index (χ2n) is 3.77. The minimum atomic E-state index is -0.612. The molecule has 0 fully saturated rings. The van der Waals surface area contributed by atoms with Crippen LogP contribution in [0.4, 0.5) is 0 Å². The summed E-state index contributed by atoms with van der Waals surface area (Å²) in [7, 11) is 1.66. The highest BCUT2D eigenvalue weighted by molar-refractivity contribution is 7.80. The Morgan fingerprint density at radius 3 is 2.72 bits per heavy atom. The summed E-state index contributed by atoms with van der Waals surface area (Å²) in [5.41, 5.74) is 6.08. The number of hydrazine groups is 1. The Labute approximate surface area is 112 Å². The van der Waals surface area contributed by atoms with Gasteiger partial charge in [-0.1, -0.05) is 12.1 Å². The molecule has 0 spiro atoms. The van der Waals surface area contributed by atoms with Gasteiger partial charge in [-0.25, -0.2) is 0 Å². The Kier molecular flexibility index (Phi) is 5.38. The van der Waals surface area contributed by atoms with Crippen LogP contribution >= 0.6 is 12.2 Å². The molecule has 1 atom stereocenters. The van der Waals surface area contributed by atoms with Crippen LogP contribution in [0.15, 0.2) is 24.3 Å². The van der Waals surface area contributed by atoms with E-state index >= 15 is 0 Å². The van der Waals surface area contributed by atoms with E-state index in [2.05, 4.69) is 16.2 Å². The summed E-state index contributed by atoms with van der Waals surface area (Å²) >= 11 is 4.83. The van der Waals surface area contributed by atoms with Crippen LogP contribution in [0.3, 0.4) is 0 Å². The van der Waals surface area contributed by atoms with Crippen molar-refractivity contribution in [2.24, 2.45) is 0 Å². The first kappa shape index (κ1) is 14.2. The van der Waals surface area contributed by atoms with Crippen molar-refractivity contribution in [2.45, 2.75) is 20.0 Å². The predicted octanol–water partition coefficient (Wildman–Crippen LogP) is 0.887. The van der Waals surface area contributed by atoms with Gasteiger partial charge in [0.25, 0.3) is 5.91 Å². The highest BCUT2D eigenvalue weighted by atomic mass is 32.1. The highest BCUT2D eigenvalue weighted by Crippen LogP contribution is 2.13. The smallest absolute Gasteiger partial charge is 0.279 e. The van der Waals surface area contributed by atoms with Gasteiger partial charge in [-0.2, -0.15) is 0 Å². The van der Waals surface area contributed by atoms with Gasteiger partial charge >= 0.3 is 0 Å².